The molecule has 1 amide bonds. The van der Waals surface area contributed by atoms with Gasteiger partial charge in [-0.15, -0.1) is 23.7 Å². The molecule has 2 aromatic rings. The van der Waals surface area contributed by atoms with E-state index in [-0.39, 0.29) is 30.2 Å². The monoisotopic (exact) mass is 407 g/mol. The van der Waals surface area contributed by atoms with E-state index in [0.29, 0.717) is 23.1 Å². The molecule has 22 heavy (non-hydrogen) atoms. The van der Waals surface area contributed by atoms with Crippen LogP contribution in [0.25, 0.3) is 0 Å². The Labute approximate surface area is 146 Å². The Morgan fingerprint density at radius 2 is 2.27 bits per heavy atom. The van der Waals surface area contributed by atoms with Gasteiger partial charge < -0.3 is 11.1 Å². The second-order valence-corrected chi connectivity index (χ2v) is 6.45. The number of nitrogens with two attached hydrogens (primary N) is 1. The summed E-state index contributed by atoms with van der Waals surface area (Å²) < 4.78 is 13.6. The maximum atomic E-state index is 13.2. The van der Waals surface area contributed by atoms with Crippen molar-refractivity contribution in [3.8, 4) is 0 Å². The van der Waals surface area contributed by atoms with Gasteiger partial charge >= 0.3 is 0 Å². The van der Waals surface area contributed by atoms with Crippen LogP contribution in [-0.2, 0) is 13.0 Å². The highest BCUT2D eigenvalue weighted by atomic mass is 79.9. The molecule has 0 aliphatic heterocycles. The van der Waals surface area contributed by atoms with Crippen LogP contribution in [0.2, 0.25) is 0 Å². The van der Waals surface area contributed by atoms with E-state index in [4.69, 9.17) is 5.73 Å². The van der Waals surface area contributed by atoms with E-state index in [9.17, 15) is 9.18 Å². The van der Waals surface area contributed by atoms with E-state index in [1.54, 1.807) is 17.5 Å². The zero-order chi connectivity index (χ0) is 15.4. The molecule has 1 aromatic heterocycles. The Bertz CT molecular complexity index is 653. The van der Waals surface area contributed by atoms with E-state index in [1.165, 1.54) is 17.4 Å². The summed E-state index contributed by atoms with van der Waals surface area (Å²) in [5.74, 6) is -0.521. The van der Waals surface area contributed by atoms with E-state index < -0.39 is 0 Å². The molecular weight excluding hydrogens is 393 g/mol. The first kappa shape index (κ1) is 19.0. The van der Waals surface area contributed by atoms with Gasteiger partial charge in [-0.25, -0.2) is 9.37 Å². The fraction of sp³-hybridized carbons (Fsp3) is 0.286. The Hall–Kier alpha value is -1.02. The van der Waals surface area contributed by atoms with E-state index >= 15 is 0 Å². The molecule has 0 fully saturated rings. The summed E-state index contributed by atoms with van der Waals surface area (Å²) in [6.07, 6.45) is 0.610. The lowest BCUT2D eigenvalue weighted by atomic mass is 10.1. The van der Waals surface area contributed by atoms with Crippen molar-refractivity contribution in [3.05, 3.63) is 50.1 Å². The zero-order valence-electron chi connectivity index (χ0n) is 11.8. The molecule has 0 aliphatic rings. The predicted octanol–water partition coefficient (Wildman–Crippen LogP) is 3.29. The molecule has 0 radical (unpaired) electrons. The minimum absolute atomic E-state index is 0. The highest BCUT2D eigenvalue weighted by Crippen LogP contribution is 2.18. The predicted molar refractivity (Wildman–Crippen MR) is 92.0 cm³/mol. The van der Waals surface area contributed by atoms with Crippen molar-refractivity contribution >= 4 is 45.6 Å². The van der Waals surface area contributed by atoms with Crippen LogP contribution < -0.4 is 11.1 Å². The summed E-state index contributed by atoms with van der Waals surface area (Å²) in [5, 5.41) is 5.30. The molecule has 8 heteroatoms. The fourth-order valence-electron chi connectivity index (χ4n) is 1.88. The van der Waals surface area contributed by atoms with Crippen LogP contribution in [0.15, 0.2) is 28.1 Å². The third-order valence-corrected chi connectivity index (χ3v) is 4.34. The number of hydrogen-bond donors (Lipinski definition) is 2. The summed E-state index contributed by atoms with van der Waals surface area (Å²) >= 11 is 4.52. The number of nitrogens with one attached hydrogen (secondary N) is 1. The van der Waals surface area contributed by atoms with Gasteiger partial charge in [0.25, 0.3) is 5.91 Å². The molecule has 2 rings (SSSR count). The number of thiazole rings is 1. The molecule has 0 spiro atoms. The number of hydrogen-bond acceptors (Lipinski definition) is 4. The summed E-state index contributed by atoms with van der Waals surface area (Å²) in [7, 11) is 0. The van der Waals surface area contributed by atoms with Gasteiger partial charge in [-0.2, -0.15) is 0 Å². The van der Waals surface area contributed by atoms with Crippen LogP contribution in [0.4, 0.5) is 4.39 Å². The lowest BCUT2D eigenvalue weighted by Crippen LogP contribution is -2.34. The van der Waals surface area contributed by atoms with Crippen LogP contribution >= 0.6 is 39.7 Å². The Morgan fingerprint density at radius 3 is 2.86 bits per heavy atom. The minimum atomic E-state index is -0.299. The number of nitrogens with zero attached hydrogens (tertiary/aromatic N) is 1. The summed E-state index contributed by atoms with van der Waals surface area (Å²) in [6, 6.07) is 4.74. The van der Waals surface area contributed by atoms with Gasteiger partial charge in [0.1, 0.15) is 16.5 Å². The third kappa shape index (κ3) is 5.01. The molecule has 1 aromatic carbocycles. The van der Waals surface area contributed by atoms with Crippen molar-refractivity contribution in [2.24, 2.45) is 5.73 Å². The quantitative estimate of drug-likeness (QED) is 0.798. The fourth-order valence-corrected chi connectivity index (χ4v) is 2.96. The zero-order valence-corrected chi connectivity index (χ0v) is 15.0. The van der Waals surface area contributed by atoms with Crippen molar-refractivity contribution in [1.29, 1.82) is 0 Å². The summed E-state index contributed by atoms with van der Waals surface area (Å²) in [5.41, 5.74) is 6.80. The average molecular weight is 409 g/mol. The smallest absolute Gasteiger partial charge is 0.270 e. The number of halogens is 3. The molecule has 0 saturated carbocycles. The van der Waals surface area contributed by atoms with Crippen LogP contribution in [-0.4, -0.2) is 16.9 Å². The summed E-state index contributed by atoms with van der Waals surface area (Å²) in [4.78, 5) is 16.2. The Morgan fingerprint density at radius 1 is 1.55 bits per heavy atom. The number of rotatable bonds is 5. The number of benzene rings is 1. The standard InChI is InChI=1S/C14H15BrFN3OS.ClH/c1-8(4-9-2-3-11(16)10(15)5-9)18-14(20)12-7-21-13(6-17)19-12;/h2-3,5,7-8H,4,6,17H2,1H3,(H,18,20);1H. The first-order valence-corrected chi connectivity index (χ1v) is 8.06. The van der Waals surface area contributed by atoms with Crippen molar-refractivity contribution in [2.45, 2.75) is 25.9 Å². The molecule has 0 aliphatic carbocycles. The molecule has 120 valence electrons. The summed E-state index contributed by atoms with van der Waals surface area (Å²) in [6.45, 7) is 2.22. The Kier molecular flexibility index (Phi) is 7.41. The van der Waals surface area contributed by atoms with E-state index in [0.717, 1.165) is 10.6 Å². The van der Waals surface area contributed by atoms with Gasteiger partial charge in [-0.1, -0.05) is 6.07 Å². The van der Waals surface area contributed by atoms with Crippen molar-refractivity contribution in [2.75, 3.05) is 0 Å². The maximum absolute atomic E-state index is 13.2. The van der Waals surface area contributed by atoms with Crippen molar-refractivity contribution in [3.63, 3.8) is 0 Å². The van der Waals surface area contributed by atoms with Crippen LogP contribution in [0, 0.1) is 5.82 Å². The van der Waals surface area contributed by atoms with Crippen molar-refractivity contribution in [1.82, 2.24) is 10.3 Å². The first-order valence-electron chi connectivity index (χ1n) is 6.39. The highest BCUT2D eigenvalue weighted by molar-refractivity contribution is 9.10. The molecule has 1 unspecified atom stereocenters. The molecule has 4 nitrogen and oxygen atoms in total. The molecule has 3 N–H and O–H groups in total. The van der Waals surface area contributed by atoms with Gasteiger partial charge in [0.15, 0.2) is 0 Å². The van der Waals surface area contributed by atoms with Crippen LogP contribution in [0.5, 0.6) is 0 Å². The van der Waals surface area contributed by atoms with Gasteiger partial charge in [0, 0.05) is 18.0 Å². The largest absolute Gasteiger partial charge is 0.348 e. The van der Waals surface area contributed by atoms with Gasteiger partial charge in [-0.05, 0) is 47.0 Å². The van der Waals surface area contributed by atoms with E-state index in [2.05, 4.69) is 26.2 Å². The SMILES string of the molecule is CC(Cc1ccc(F)c(Br)c1)NC(=O)c1csc(CN)n1.Cl. The third-order valence-electron chi connectivity index (χ3n) is 2.86. The Balaban J connectivity index is 0.00000242. The number of carbonyl (C=O) groups excluding carboxylic acids is 1. The molecule has 1 atom stereocenters. The second kappa shape index (κ2) is 8.57. The minimum Gasteiger partial charge on any atom is -0.348 e. The lowest BCUT2D eigenvalue weighted by molar-refractivity contribution is 0.0935. The molecule has 0 saturated heterocycles. The van der Waals surface area contributed by atoms with Gasteiger partial charge in [-0.3, -0.25) is 4.79 Å². The molecule has 0 bridgehead atoms. The van der Waals surface area contributed by atoms with Crippen LogP contribution in [0.3, 0.4) is 0 Å². The molecule has 1 heterocycles. The number of aromatic nitrogens is 1. The molecular formula is C14H16BrClFN3OS. The second-order valence-electron chi connectivity index (χ2n) is 4.66. The first-order chi connectivity index (χ1) is 9.99. The number of amides is 1. The number of carbonyl (C=O) groups is 1. The maximum Gasteiger partial charge on any atom is 0.270 e. The average Bonchev–Trinajstić information content (AvgIpc) is 2.92. The van der Waals surface area contributed by atoms with Gasteiger partial charge in [0.2, 0.25) is 0 Å². The van der Waals surface area contributed by atoms with Crippen molar-refractivity contribution < 1.29 is 9.18 Å². The topological polar surface area (TPSA) is 68.0 Å². The normalized spacial score (nSPS) is 11.6. The highest BCUT2D eigenvalue weighted by Gasteiger charge is 2.14. The lowest BCUT2D eigenvalue weighted by Gasteiger charge is -2.13. The van der Waals surface area contributed by atoms with Crippen LogP contribution in [0.1, 0.15) is 28.0 Å². The van der Waals surface area contributed by atoms with E-state index in [1.807, 2.05) is 6.92 Å². The van der Waals surface area contributed by atoms with Gasteiger partial charge in [0.05, 0.1) is 4.47 Å².